The molecule has 0 saturated carbocycles. The third-order valence-corrected chi connectivity index (χ3v) is 4.90. The molecule has 7 heteroatoms. The van der Waals surface area contributed by atoms with Gasteiger partial charge in [0.1, 0.15) is 17.8 Å². The lowest BCUT2D eigenvalue weighted by molar-refractivity contribution is 0.0600. The normalized spacial score (nSPS) is 12.8. The van der Waals surface area contributed by atoms with E-state index in [2.05, 4.69) is 43.1 Å². The summed E-state index contributed by atoms with van der Waals surface area (Å²) in [5.74, 6) is -0.0380. The van der Waals surface area contributed by atoms with Crippen LogP contribution in [0.4, 0.5) is 11.5 Å². The van der Waals surface area contributed by atoms with Gasteiger partial charge in [-0.25, -0.2) is 14.8 Å². The molecule has 1 aliphatic rings. The monoisotopic (exact) mass is 388 g/mol. The van der Waals surface area contributed by atoms with Crippen LogP contribution in [0.1, 0.15) is 32.0 Å². The average molecular weight is 388 g/mol. The summed E-state index contributed by atoms with van der Waals surface area (Å²) in [6, 6.07) is 16.5. The molecule has 1 aliphatic heterocycles. The first-order valence-electron chi connectivity index (χ1n) is 9.27. The number of hydrogen-bond donors (Lipinski definition) is 1. The second kappa shape index (κ2) is 8.10. The Morgan fingerprint density at radius 1 is 1.03 bits per heavy atom. The second-order valence-corrected chi connectivity index (χ2v) is 6.72. The maximum atomic E-state index is 12.6. The first kappa shape index (κ1) is 18.6. The van der Waals surface area contributed by atoms with E-state index in [4.69, 9.17) is 0 Å². The molecule has 1 amide bonds. The van der Waals surface area contributed by atoms with Gasteiger partial charge in [-0.2, -0.15) is 0 Å². The first-order chi connectivity index (χ1) is 14.1. The molecule has 1 N–H and O–H groups in total. The number of methoxy groups -OCH3 is 1. The number of nitrogens with zero attached hydrogens (tertiary/aromatic N) is 3. The molecule has 3 aromatic rings. The zero-order valence-electron chi connectivity index (χ0n) is 16.0. The SMILES string of the molecule is COC(=O)c1ccc(NC(=O)c2cc(N3CCc4ccccc4C3)ncn2)cc1. The van der Waals surface area contributed by atoms with Crippen molar-refractivity contribution in [3.8, 4) is 0 Å². The standard InChI is InChI=1S/C22H20N4O3/c1-29-22(28)16-6-8-18(9-7-16)25-21(27)19-12-20(24-14-23-19)26-11-10-15-4-2-3-5-17(15)13-26/h2-9,12,14H,10-11,13H2,1H3,(H,25,27). The summed E-state index contributed by atoms with van der Waals surface area (Å²) in [6.45, 7) is 1.59. The summed E-state index contributed by atoms with van der Waals surface area (Å²) in [4.78, 5) is 34.7. The number of hydrogen-bond acceptors (Lipinski definition) is 6. The van der Waals surface area contributed by atoms with E-state index >= 15 is 0 Å². The van der Waals surface area contributed by atoms with Crippen molar-refractivity contribution in [2.45, 2.75) is 13.0 Å². The van der Waals surface area contributed by atoms with E-state index in [0.717, 1.165) is 25.3 Å². The topological polar surface area (TPSA) is 84.4 Å². The van der Waals surface area contributed by atoms with Crippen LogP contribution in [-0.4, -0.2) is 35.5 Å². The number of aromatic nitrogens is 2. The Kier molecular flexibility index (Phi) is 5.20. The van der Waals surface area contributed by atoms with Crippen molar-refractivity contribution in [2.24, 2.45) is 0 Å². The molecule has 146 valence electrons. The summed E-state index contributed by atoms with van der Waals surface area (Å²) in [7, 11) is 1.33. The van der Waals surface area contributed by atoms with Gasteiger partial charge in [0.15, 0.2) is 0 Å². The van der Waals surface area contributed by atoms with E-state index in [1.54, 1.807) is 30.3 Å². The Hall–Kier alpha value is -3.74. The molecule has 0 unspecified atom stereocenters. The van der Waals surface area contributed by atoms with Crippen molar-refractivity contribution in [3.05, 3.63) is 83.3 Å². The van der Waals surface area contributed by atoms with Crippen molar-refractivity contribution in [3.63, 3.8) is 0 Å². The number of benzene rings is 2. The van der Waals surface area contributed by atoms with Crippen LogP contribution in [0.5, 0.6) is 0 Å². The number of rotatable bonds is 4. The minimum atomic E-state index is -0.425. The van der Waals surface area contributed by atoms with Crippen LogP contribution in [0, 0.1) is 0 Å². The summed E-state index contributed by atoms with van der Waals surface area (Å²) >= 11 is 0. The molecule has 0 atom stereocenters. The molecular formula is C22H20N4O3. The number of fused-ring (bicyclic) bond motifs is 1. The average Bonchev–Trinajstić information content (AvgIpc) is 2.78. The van der Waals surface area contributed by atoms with Crippen LogP contribution < -0.4 is 10.2 Å². The Balaban J connectivity index is 1.47. The third kappa shape index (κ3) is 4.08. The molecule has 1 aromatic heterocycles. The van der Waals surface area contributed by atoms with Crippen LogP contribution in [0.25, 0.3) is 0 Å². The number of carbonyl (C=O) groups is 2. The summed E-state index contributed by atoms with van der Waals surface area (Å²) in [5.41, 5.74) is 3.89. The molecular weight excluding hydrogens is 368 g/mol. The van der Waals surface area contributed by atoms with Crippen LogP contribution in [0.15, 0.2) is 60.9 Å². The highest BCUT2D eigenvalue weighted by atomic mass is 16.5. The maximum Gasteiger partial charge on any atom is 0.337 e. The lowest BCUT2D eigenvalue weighted by atomic mass is 10.00. The van der Waals surface area contributed by atoms with Gasteiger partial charge in [0.05, 0.1) is 12.7 Å². The molecule has 4 rings (SSSR count). The Bertz CT molecular complexity index is 1050. The van der Waals surface area contributed by atoms with Gasteiger partial charge < -0.3 is 15.0 Å². The molecule has 0 spiro atoms. The van der Waals surface area contributed by atoms with E-state index in [-0.39, 0.29) is 11.6 Å². The van der Waals surface area contributed by atoms with E-state index in [0.29, 0.717) is 11.3 Å². The molecule has 2 aromatic carbocycles. The molecule has 0 radical (unpaired) electrons. The fourth-order valence-corrected chi connectivity index (χ4v) is 3.34. The molecule has 0 fully saturated rings. The molecule has 2 heterocycles. The Morgan fingerprint density at radius 3 is 2.55 bits per heavy atom. The summed E-state index contributed by atoms with van der Waals surface area (Å²) in [6.07, 6.45) is 2.35. The van der Waals surface area contributed by atoms with Crippen LogP contribution >= 0.6 is 0 Å². The lowest BCUT2D eigenvalue weighted by Crippen LogP contribution is -2.31. The van der Waals surface area contributed by atoms with Gasteiger partial charge in [-0.3, -0.25) is 4.79 Å². The van der Waals surface area contributed by atoms with Crippen molar-refractivity contribution in [1.29, 1.82) is 0 Å². The van der Waals surface area contributed by atoms with Gasteiger partial charge in [-0.1, -0.05) is 24.3 Å². The van der Waals surface area contributed by atoms with Crippen LogP contribution in [0.3, 0.4) is 0 Å². The first-order valence-corrected chi connectivity index (χ1v) is 9.27. The lowest BCUT2D eigenvalue weighted by Gasteiger charge is -2.29. The highest BCUT2D eigenvalue weighted by Gasteiger charge is 2.19. The number of anilines is 2. The zero-order valence-corrected chi connectivity index (χ0v) is 16.0. The van der Waals surface area contributed by atoms with Crippen molar-refractivity contribution >= 4 is 23.4 Å². The van der Waals surface area contributed by atoms with Crippen molar-refractivity contribution < 1.29 is 14.3 Å². The van der Waals surface area contributed by atoms with Gasteiger partial charge in [0, 0.05) is 24.8 Å². The molecule has 7 nitrogen and oxygen atoms in total. The minimum Gasteiger partial charge on any atom is -0.465 e. The maximum absolute atomic E-state index is 12.6. The third-order valence-electron chi connectivity index (χ3n) is 4.90. The quantitative estimate of drug-likeness (QED) is 0.692. The van der Waals surface area contributed by atoms with E-state index in [1.165, 1.54) is 24.6 Å². The highest BCUT2D eigenvalue weighted by Crippen LogP contribution is 2.23. The Labute approximate surface area is 168 Å². The Morgan fingerprint density at radius 2 is 1.79 bits per heavy atom. The summed E-state index contributed by atoms with van der Waals surface area (Å²) < 4.78 is 4.67. The van der Waals surface area contributed by atoms with Crippen molar-refractivity contribution in [1.82, 2.24) is 9.97 Å². The predicted octanol–water partition coefficient (Wildman–Crippen LogP) is 3.08. The minimum absolute atomic E-state index is 0.283. The fraction of sp³-hybridized carbons (Fsp3) is 0.182. The van der Waals surface area contributed by atoms with E-state index < -0.39 is 5.97 Å². The van der Waals surface area contributed by atoms with E-state index in [1.807, 2.05) is 6.07 Å². The van der Waals surface area contributed by atoms with Gasteiger partial charge >= 0.3 is 5.97 Å². The zero-order chi connectivity index (χ0) is 20.2. The number of carbonyl (C=O) groups excluding carboxylic acids is 2. The molecule has 29 heavy (non-hydrogen) atoms. The highest BCUT2D eigenvalue weighted by molar-refractivity contribution is 6.03. The van der Waals surface area contributed by atoms with E-state index in [9.17, 15) is 9.59 Å². The summed E-state index contributed by atoms with van der Waals surface area (Å²) in [5, 5.41) is 2.79. The van der Waals surface area contributed by atoms with Gasteiger partial charge in [-0.15, -0.1) is 0 Å². The number of esters is 1. The fourth-order valence-electron chi connectivity index (χ4n) is 3.34. The number of amides is 1. The molecule has 0 saturated heterocycles. The van der Waals surface area contributed by atoms with Gasteiger partial charge in [-0.05, 0) is 41.8 Å². The van der Waals surface area contributed by atoms with Crippen molar-refractivity contribution in [2.75, 3.05) is 23.9 Å². The molecule has 0 aliphatic carbocycles. The van der Waals surface area contributed by atoms with Gasteiger partial charge in [0.2, 0.25) is 0 Å². The number of nitrogens with one attached hydrogen (secondary N) is 1. The molecule has 0 bridgehead atoms. The van der Waals surface area contributed by atoms with Gasteiger partial charge in [0.25, 0.3) is 5.91 Å². The smallest absolute Gasteiger partial charge is 0.337 e. The number of ether oxygens (including phenoxy) is 1. The second-order valence-electron chi connectivity index (χ2n) is 6.72. The largest absolute Gasteiger partial charge is 0.465 e. The predicted molar refractivity (Wildman–Crippen MR) is 109 cm³/mol. The van der Waals surface area contributed by atoms with Crippen LogP contribution in [-0.2, 0) is 17.7 Å². The van der Waals surface area contributed by atoms with Crippen LogP contribution in [0.2, 0.25) is 0 Å².